The molecule has 0 rings (SSSR count). The first-order chi connectivity index (χ1) is 13.7. The van der Waals surface area contributed by atoms with E-state index in [1.54, 1.807) is 0 Å². The largest absolute Gasteiger partial charge is 0.354 e. The lowest BCUT2D eigenvalue weighted by molar-refractivity contribution is -0.131. The molecule has 0 heterocycles. The number of hydrogen-bond donors (Lipinski definition) is 4. The molecule has 0 aromatic carbocycles. The van der Waals surface area contributed by atoms with Crippen LogP contribution in [0.15, 0.2) is 12.2 Å². The zero-order valence-electron chi connectivity index (χ0n) is 21.5. The molecule has 0 unspecified atom stereocenters. The number of amides is 1. The Labute approximate surface area is 187 Å². The molecule has 0 saturated carbocycles. The lowest BCUT2D eigenvalue weighted by Gasteiger charge is -2.44. The van der Waals surface area contributed by atoms with Crippen molar-refractivity contribution in [1.82, 2.24) is 16.0 Å². The SMILES string of the molecule is CCC(C)(C)C/C=C\C(C)(C)C(C)(C)CC(C)(C)C(=O)NCCNCCNCCN. The third-order valence-corrected chi connectivity index (χ3v) is 6.79. The van der Waals surface area contributed by atoms with Crippen LogP contribution in [0.4, 0.5) is 0 Å². The molecule has 0 radical (unpaired) electrons. The molecule has 178 valence electrons. The molecule has 1 amide bonds. The smallest absolute Gasteiger partial charge is 0.225 e. The number of nitrogens with one attached hydrogen (secondary N) is 3. The number of hydrogen-bond acceptors (Lipinski definition) is 4. The molecule has 0 fully saturated rings. The predicted octanol–water partition coefficient (Wildman–Crippen LogP) is 4.09. The molecule has 0 aromatic heterocycles. The molecule has 5 nitrogen and oxygen atoms in total. The summed E-state index contributed by atoms with van der Waals surface area (Å²) in [5.74, 6) is 0.130. The van der Waals surface area contributed by atoms with Crippen molar-refractivity contribution in [2.45, 2.75) is 81.6 Å². The Morgan fingerprint density at radius 3 is 1.93 bits per heavy atom. The van der Waals surface area contributed by atoms with Crippen LogP contribution < -0.4 is 21.7 Å². The predicted molar refractivity (Wildman–Crippen MR) is 132 cm³/mol. The first-order valence-corrected chi connectivity index (χ1v) is 11.8. The Morgan fingerprint density at radius 2 is 1.40 bits per heavy atom. The van der Waals surface area contributed by atoms with Crippen molar-refractivity contribution in [3.05, 3.63) is 12.2 Å². The summed E-state index contributed by atoms with van der Waals surface area (Å²) in [5, 5.41) is 9.69. The highest BCUT2D eigenvalue weighted by Crippen LogP contribution is 2.47. The number of nitrogens with two attached hydrogens (primary N) is 1. The van der Waals surface area contributed by atoms with Gasteiger partial charge in [0.1, 0.15) is 0 Å². The van der Waals surface area contributed by atoms with Crippen LogP contribution in [-0.4, -0.2) is 45.2 Å². The summed E-state index contributed by atoms with van der Waals surface area (Å²) >= 11 is 0. The van der Waals surface area contributed by atoms with Crippen molar-refractivity contribution >= 4 is 5.91 Å². The summed E-state index contributed by atoms with van der Waals surface area (Å²) in [6.45, 7) is 24.8. The number of rotatable bonds is 16. The first kappa shape index (κ1) is 29.1. The van der Waals surface area contributed by atoms with Gasteiger partial charge in [0.2, 0.25) is 5.91 Å². The van der Waals surface area contributed by atoms with E-state index in [4.69, 9.17) is 5.73 Å². The highest BCUT2D eigenvalue weighted by molar-refractivity contribution is 5.81. The fourth-order valence-electron chi connectivity index (χ4n) is 3.49. The van der Waals surface area contributed by atoms with Crippen molar-refractivity contribution < 1.29 is 4.79 Å². The van der Waals surface area contributed by atoms with Gasteiger partial charge in [-0.1, -0.05) is 80.9 Å². The van der Waals surface area contributed by atoms with Crippen molar-refractivity contribution in [2.24, 2.45) is 27.4 Å². The zero-order chi connectivity index (χ0) is 23.5. The van der Waals surface area contributed by atoms with Gasteiger partial charge in [0, 0.05) is 44.7 Å². The van der Waals surface area contributed by atoms with Gasteiger partial charge < -0.3 is 21.7 Å². The van der Waals surface area contributed by atoms with Crippen LogP contribution in [0.1, 0.15) is 81.6 Å². The second-order valence-electron chi connectivity index (χ2n) is 11.3. The van der Waals surface area contributed by atoms with Crippen LogP contribution in [0.5, 0.6) is 0 Å². The van der Waals surface area contributed by atoms with Gasteiger partial charge in [0.15, 0.2) is 0 Å². The minimum atomic E-state index is -0.417. The summed E-state index contributed by atoms with van der Waals surface area (Å²) in [6, 6.07) is 0. The normalized spacial score (nSPS) is 13.8. The topological polar surface area (TPSA) is 79.2 Å². The van der Waals surface area contributed by atoms with Crippen LogP contribution >= 0.6 is 0 Å². The fourth-order valence-corrected chi connectivity index (χ4v) is 3.49. The molecule has 0 aliphatic heterocycles. The van der Waals surface area contributed by atoms with Gasteiger partial charge in [0.25, 0.3) is 0 Å². The lowest BCUT2D eigenvalue weighted by Crippen LogP contribution is -2.45. The number of carbonyl (C=O) groups is 1. The van der Waals surface area contributed by atoms with E-state index in [1.165, 1.54) is 6.42 Å². The average Bonchev–Trinajstić information content (AvgIpc) is 2.62. The summed E-state index contributed by atoms with van der Waals surface area (Å²) in [6.07, 6.45) is 7.79. The quantitative estimate of drug-likeness (QED) is 0.222. The Bertz CT molecular complexity index is 521. The highest BCUT2D eigenvalue weighted by Gasteiger charge is 2.42. The molecular weight excluding hydrogens is 372 g/mol. The van der Waals surface area contributed by atoms with Gasteiger partial charge in [-0.05, 0) is 29.1 Å². The lowest BCUT2D eigenvalue weighted by atomic mass is 9.61. The van der Waals surface area contributed by atoms with Crippen LogP contribution in [0.2, 0.25) is 0 Å². The van der Waals surface area contributed by atoms with Crippen LogP contribution in [0.25, 0.3) is 0 Å². The van der Waals surface area contributed by atoms with Gasteiger partial charge >= 0.3 is 0 Å². The number of allylic oxidation sites excluding steroid dienone is 2. The summed E-state index contributed by atoms with van der Waals surface area (Å²) in [5.41, 5.74) is 5.37. The van der Waals surface area contributed by atoms with E-state index in [9.17, 15) is 4.79 Å². The Hall–Kier alpha value is -0.910. The van der Waals surface area contributed by atoms with Gasteiger partial charge in [-0.25, -0.2) is 0 Å². The molecule has 0 aliphatic carbocycles. The standard InChI is InChI=1S/C25H52N4O/c1-10-22(2,3)12-11-13-24(6,7)25(8,9)20-23(4,5)21(30)29-19-18-28-17-16-27-15-14-26/h11,13,27-28H,10,12,14-20,26H2,1-9H3,(H,29,30)/b13-11-. The maximum Gasteiger partial charge on any atom is 0.225 e. The summed E-state index contributed by atoms with van der Waals surface area (Å²) < 4.78 is 0. The molecule has 0 bridgehead atoms. The number of carbonyl (C=O) groups excluding carboxylic acids is 1. The maximum absolute atomic E-state index is 12.8. The molecule has 0 saturated heterocycles. The molecule has 5 N–H and O–H groups in total. The average molecular weight is 425 g/mol. The molecule has 0 aromatic rings. The van der Waals surface area contributed by atoms with Crippen molar-refractivity contribution in [1.29, 1.82) is 0 Å². The minimum Gasteiger partial charge on any atom is -0.354 e. The first-order valence-electron chi connectivity index (χ1n) is 11.8. The van der Waals surface area contributed by atoms with E-state index >= 15 is 0 Å². The molecule has 0 spiro atoms. The second kappa shape index (κ2) is 12.8. The van der Waals surface area contributed by atoms with Crippen molar-refractivity contribution in [3.63, 3.8) is 0 Å². The van der Waals surface area contributed by atoms with Gasteiger partial charge in [-0.2, -0.15) is 0 Å². The highest BCUT2D eigenvalue weighted by atomic mass is 16.2. The zero-order valence-corrected chi connectivity index (χ0v) is 21.5. The van der Waals surface area contributed by atoms with Crippen LogP contribution in [0, 0.1) is 21.7 Å². The van der Waals surface area contributed by atoms with Gasteiger partial charge in [-0.3, -0.25) is 4.79 Å². The van der Waals surface area contributed by atoms with Gasteiger partial charge in [0.05, 0.1) is 0 Å². The summed E-state index contributed by atoms with van der Waals surface area (Å²) in [4.78, 5) is 12.8. The molecule has 5 heteroatoms. The molecular formula is C25H52N4O. The molecule has 0 atom stereocenters. The Morgan fingerprint density at radius 1 is 0.867 bits per heavy atom. The van der Waals surface area contributed by atoms with Gasteiger partial charge in [-0.15, -0.1) is 0 Å². The fraction of sp³-hybridized carbons (Fsp3) is 0.880. The third kappa shape index (κ3) is 10.9. The Balaban J connectivity index is 4.62. The monoisotopic (exact) mass is 424 g/mol. The molecule has 30 heavy (non-hydrogen) atoms. The van der Waals surface area contributed by atoms with Crippen LogP contribution in [0.3, 0.4) is 0 Å². The molecule has 0 aliphatic rings. The van der Waals surface area contributed by atoms with E-state index in [2.05, 4.69) is 90.4 Å². The van der Waals surface area contributed by atoms with E-state index in [-0.39, 0.29) is 16.7 Å². The second-order valence-corrected chi connectivity index (χ2v) is 11.3. The van der Waals surface area contributed by atoms with Crippen LogP contribution in [-0.2, 0) is 4.79 Å². The van der Waals surface area contributed by atoms with Crippen molar-refractivity contribution in [3.8, 4) is 0 Å². The van der Waals surface area contributed by atoms with E-state index in [1.807, 2.05) is 0 Å². The van der Waals surface area contributed by atoms with E-state index in [0.717, 1.165) is 39.0 Å². The minimum absolute atomic E-state index is 0.00634. The van der Waals surface area contributed by atoms with E-state index in [0.29, 0.717) is 18.5 Å². The third-order valence-electron chi connectivity index (χ3n) is 6.79. The van der Waals surface area contributed by atoms with E-state index < -0.39 is 5.41 Å². The van der Waals surface area contributed by atoms with Crippen molar-refractivity contribution in [2.75, 3.05) is 39.3 Å². The maximum atomic E-state index is 12.8. The Kier molecular flexibility index (Phi) is 12.4. The summed E-state index contributed by atoms with van der Waals surface area (Å²) in [7, 11) is 0.